The molecule has 0 spiro atoms. The average molecular weight is 209 g/mol. The lowest BCUT2D eigenvalue weighted by Gasteiger charge is -2.18. The fraction of sp³-hybridized carbons (Fsp3) is 0.600. The van der Waals surface area contributed by atoms with Gasteiger partial charge >= 0.3 is 0 Å². The first-order valence-corrected chi connectivity index (χ1v) is 5.79. The number of hydrogen-bond donors (Lipinski definition) is 1. The molecule has 1 unspecified atom stereocenters. The predicted molar refractivity (Wildman–Crippen MR) is 58.1 cm³/mol. The fourth-order valence-electron chi connectivity index (χ4n) is 1.84. The van der Waals surface area contributed by atoms with Crippen LogP contribution >= 0.6 is 11.5 Å². The Morgan fingerprint density at radius 3 is 2.93 bits per heavy atom. The summed E-state index contributed by atoms with van der Waals surface area (Å²) in [5.41, 5.74) is 8.52. The van der Waals surface area contributed by atoms with E-state index in [-0.39, 0.29) is 6.04 Å². The van der Waals surface area contributed by atoms with E-state index >= 15 is 0 Å². The van der Waals surface area contributed by atoms with Gasteiger partial charge in [-0.05, 0) is 44.1 Å². The van der Waals surface area contributed by atoms with Crippen molar-refractivity contribution < 1.29 is 0 Å². The van der Waals surface area contributed by atoms with Crippen LogP contribution in [0.3, 0.4) is 0 Å². The van der Waals surface area contributed by atoms with Crippen molar-refractivity contribution in [2.45, 2.75) is 38.6 Å². The van der Waals surface area contributed by atoms with Gasteiger partial charge in [-0.2, -0.15) is 0 Å². The Kier molecular flexibility index (Phi) is 2.93. The van der Waals surface area contributed by atoms with Crippen molar-refractivity contribution in [1.82, 2.24) is 9.59 Å². The molecular weight excluding hydrogens is 194 g/mol. The molecule has 0 saturated carbocycles. The first kappa shape index (κ1) is 9.80. The van der Waals surface area contributed by atoms with E-state index in [2.05, 4.69) is 15.7 Å². The molecule has 76 valence electrons. The Bertz CT molecular complexity index is 343. The fourth-order valence-corrected chi connectivity index (χ4v) is 2.53. The van der Waals surface area contributed by atoms with Crippen LogP contribution in [-0.4, -0.2) is 9.59 Å². The topological polar surface area (TPSA) is 51.8 Å². The quantitative estimate of drug-likeness (QED) is 0.761. The maximum absolute atomic E-state index is 6.18. The van der Waals surface area contributed by atoms with Gasteiger partial charge in [-0.1, -0.05) is 16.1 Å². The van der Waals surface area contributed by atoms with Crippen LogP contribution in [-0.2, 0) is 0 Å². The summed E-state index contributed by atoms with van der Waals surface area (Å²) in [6.45, 7) is 1.97. The van der Waals surface area contributed by atoms with Gasteiger partial charge in [-0.25, -0.2) is 0 Å². The van der Waals surface area contributed by atoms with Gasteiger partial charge < -0.3 is 5.73 Å². The second-order valence-electron chi connectivity index (χ2n) is 3.73. The largest absolute Gasteiger partial charge is 0.320 e. The highest BCUT2D eigenvalue weighted by atomic mass is 32.1. The molecule has 2 rings (SSSR count). The van der Waals surface area contributed by atoms with Gasteiger partial charge in [0.2, 0.25) is 0 Å². The SMILES string of the molecule is Cc1nnsc1C(N)C1=CCCCC1. The summed E-state index contributed by atoms with van der Waals surface area (Å²) in [7, 11) is 0. The molecule has 3 nitrogen and oxygen atoms in total. The Hall–Kier alpha value is -0.740. The summed E-state index contributed by atoms with van der Waals surface area (Å²) < 4.78 is 3.92. The summed E-state index contributed by atoms with van der Waals surface area (Å²) in [5.74, 6) is 0. The zero-order chi connectivity index (χ0) is 9.97. The first-order valence-electron chi connectivity index (χ1n) is 5.02. The van der Waals surface area contributed by atoms with Crippen molar-refractivity contribution in [1.29, 1.82) is 0 Å². The van der Waals surface area contributed by atoms with Crippen LogP contribution < -0.4 is 5.73 Å². The van der Waals surface area contributed by atoms with E-state index in [4.69, 9.17) is 5.73 Å². The standard InChI is InChI=1S/C10H15N3S/c1-7-10(14-13-12-7)9(11)8-5-3-2-4-6-8/h5,9H,2-4,6,11H2,1H3. The third-order valence-electron chi connectivity index (χ3n) is 2.69. The molecule has 0 radical (unpaired) electrons. The van der Waals surface area contributed by atoms with E-state index in [1.165, 1.54) is 36.4 Å². The van der Waals surface area contributed by atoms with E-state index in [9.17, 15) is 0 Å². The van der Waals surface area contributed by atoms with E-state index < -0.39 is 0 Å². The van der Waals surface area contributed by atoms with Crippen molar-refractivity contribution in [3.63, 3.8) is 0 Å². The summed E-state index contributed by atoms with van der Waals surface area (Å²) >= 11 is 1.42. The summed E-state index contributed by atoms with van der Waals surface area (Å²) in [6.07, 6.45) is 7.17. The van der Waals surface area contributed by atoms with Crippen molar-refractivity contribution in [3.8, 4) is 0 Å². The smallest absolute Gasteiger partial charge is 0.0776 e. The molecule has 0 amide bonds. The molecular formula is C10H15N3S. The number of nitrogens with two attached hydrogens (primary N) is 1. The van der Waals surface area contributed by atoms with Crippen molar-refractivity contribution in [2.75, 3.05) is 0 Å². The summed E-state index contributed by atoms with van der Waals surface area (Å²) in [6, 6.07) is 0.0373. The average Bonchev–Trinajstić information content (AvgIpc) is 2.65. The zero-order valence-electron chi connectivity index (χ0n) is 8.36. The number of aryl methyl sites for hydroxylation is 1. The van der Waals surface area contributed by atoms with Crippen molar-refractivity contribution >= 4 is 11.5 Å². The van der Waals surface area contributed by atoms with E-state index in [1.807, 2.05) is 6.92 Å². The van der Waals surface area contributed by atoms with Gasteiger partial charge in [0.25, 0.3) is 0 Å². The van der Waals surface area contributed by atoms with Crippen molar-refractivity contribution in [2.24, 2.45) is 5.73 Å². The van der Waals surface area contributed by atoms with Crippen molar-refractivity contribution in [3.05, 3.63) is 22.2 Å². The molecule has 1 heterocycles. The second-order valence-corrected chi connectivity index (χ2v) is 4.51. The van der Waals surface area contributed by atoms with Crippen LogP contribution in [0.15, 0.2) is 11.6 Å². The molecule has 1 aliphatic rings. The van der Waals surface area contributed by atoms with Gasteiger partial charge in [-0.3, -0.25) is 0 Å². The molecule has 1 atom stereocenters. The Balaban J connectivity index is 2.19. The number of hydrogen-bond acceptors (Lipinski definition) is 4. The Morgan fingerprint density at radius 2 is 2.36 bits per heavy atom. The van der Waals surface area contributed by atoms with Gasteiger partial charge in [0.05, 0.1) is 16.6 Å². The molecule has 0 bridgehead atoms. The molecule has 0 saturated heterocycles. The van der Waals surface area contributed by atoms with E-state index in [1.54, 1.807) is 0 Å². The molecule has 1 aromatic heterocycles. The van der Waals surface area contributed by atoms with Gasteiger partial charge in [-0.15, -0.1) is 5.10 Å². The molecule has 4 heteroatoms. The predicted octanol–water partition coefficient (Wildman–Crippen LogP) is 2.35. The number of nitrogens with zero attached hydrogens (tertiary/aromatic N) is 2. The molecule has 14 heavy (non-hydrogen) atoms. The summed E-state index contributed by atoms with van der Waals surface area (Å²) in [4.78, 5) is 1.12. The van der Waals surface area contributed by atoms with Crippen LogP contribution in [0, 0.1) is 6.92 Å². The van der Waals surface area contributed by atoms with E-state index in [0.717, 1.165) is 17.0 Å². The lowest BCUT2D eigenvalue weighted by Crippen LogP contribution is -2.14. The van der Waals surface area contributed by atoms with Gasteiger partial charge in [0.1, 0.15) is 0 Å². The Morgan fingerprint density at radius 1 is 1.50 bits per heavy atom. The van der Waals surface area contributed by atoms with E-state index in [0.29, 0.717) is 0 Å². The number of rotatable bonds is 2. The molecule has 1 aliphatic carbocycles. The zero-order valence-corrected chi connectivity index (χ0v) is 9.18. The third kappa shape index (κ3) is 1.86. The Labute approximate surface area is 88.2 Å². The lowest BCUT2D eigenvalue weighted by molar-refractivity contribution is 0.650. The molecule has 0 fully saturated rings. The van der Waals surface area contributed by atoms with Crippen LogP contribution in [0.1, 0.15) is 42.3 Å². The van der Waals surface area contributed by atoms with Crippen LogP contribution in [0.5, 0.6) is 0 Å². The molecule has 1 aromatic rings. The third-order valence-corrected chi connectivity index (χ3v) is 3.60. The second kappa shape index (κ2) is 4.19. The highest BCUT2D eigenvalue weighted by Crippen LogP contribution is 2.30. The number of allylic oxidation sites excluding steroid dienone is 1. The van der Waals surface area contributed by atoms with Crippen LogP contribution in [0.25, 0.3) is 0 Å². The lowest BCUT2D eigenvalue weighted by atomic mass is 9.93. The maximum Gasteiger partial charge on any atom is 0.0776 e. The molecule has 0 aromatic carbocycles. The van der Waals surface area contributed by atoms with Crippen LogP contribution in [0.4, 0.5) is 0 Å². The molecule has 2 N–H and O–H groups in total. The van der Waals surface area contributed by atoms with Gasteiger partial charge in [0.15, 0.2) is 0 Å². The highest BCUT2D eigenvalue weighted by molar-refractivity contribution is 7.05. The maximum atomic E-state index is 6.18. The van der Waals surface area contributed by atoms with Gasteiger partial charge in [0, 0.05) is 0 Å². The normalized spacial score (nSPS) is 19.1. The summed E-state index contributed by atoms with van der Waals surface area (Å²) in [5, 5.41) is 3.99. The monoisotopic (exact) mass is 209 g/mol. The number of aromatic nitrogens is 2. The minimum absolute atomic E-state index is 0.0373. The first-order chi connectivity index (χ1) is 6.79. The highest BCUT2D eigenvalue weighted by Gasteiger charge is 2.18. The van der Waals surface area contributed by atoms with Crippen LogP contribution in [0.2, 0.25) is 0 Å². The minimum Gasteiger partial charge on any atom is -0.320 e. The minimum atomic E-state index is 0.0373. The molecule has 0 aliphatic heterocycles.